The van der Waals surface area contributed by atoms with Crippen LogP contribution in [0.2, 0.25) is 0 Å². The Kier molecular flexibility index (Phi) is 5.15. The third-order valence-corrected chi connectivity index (χ3v) is 4.49. The fourth-order valence-electron chi connectivity index (χ4n) is 2.96. The molecule has 3 rings (SSSR count). The molecular weight excluding hydrogens is 378 g/mol. The lowest BCUT2D eigenvalue weighted by Crippen LogP contribution is -2.45. The van der Waals surface area contributed by atoms with Gasteiger partial charge in [0.1, 0.15) is 5.82 Å². The van der Waals surface area contributed by atoms with Crippen LogP contribution in [0.4, 0.5) is 17.6 Å². The molecule has 5 nitrogen and oxygen atoms in total. The lowest BCUT2D eigenvalue weighted by atomic mass is 9.86. The molecule has 1 aromatic heterocycles. The Bertz CT molecular complexity index is 942. The Hall–Kier alpha value is -2.89. The fourth-order valence-corrected chi connectivity index (χ4v) is 2.96. The molecule has 148 valence electrons. The second kappa shape index (κ2) is 7.26. The minimum absolute atomic E-state index is 0.0799. The third kappa shape index (κ3) is 3.72. The highest BCUT2D eigenvalue weighted by Gasteiger charge is 2.63. The van der Waals surface area contributed by atoms with E-state index in [1.165, 1.54) is 18.2 Å². The Morgan fingerprint density at radius 3 is 2.75 bits per heavy atom. The van der Waals surface area contributed by atoms with Crippen LogP contribution in [0.25, 0.3) is 11.4 Å². The highest BCUT2D eigenvalue weighted by Crippen LogP contribution is 2.47. The summed E-state index contributed by atoms with van der Waals surface area (Å²) in [4.78, 5) is 17.0. The topological polar surface area (TPSA) is 59.2 Å². The second-order valence-corrected chi connectivity index (χ2v) is 6.91. The first-order valence-corrected chi connectivity index (χ1v) is 8.60. The highest BCUT2D eigenvalue weighted by molar-refractivity contribution is 5.93. The SMILES string of the molecule is CC(C)C#CC(=O)N1CCC(c2nc(-c3cccc(F)c3)no2)(C(F)(F)F)C1. The van der Waals surface area contributed by atoms with Crippen LogP contribution in [0.3, 0.4) is 0 Å². The van der Waals surface area contributed by atoms with E-state index in [2.05, 4.69) is 22.0 Å². The van der Waals surface area contributed by atoms with Gasteiger partial charge in [0.25, 0.3) is 5.91 Å². The summed E-state index contributed by atoms with van der Waals surface area (Å²) in [6.07, 6.45) is -5.14. The molecule has 2 heterocycles. The van der Waals surface area contributed by atoms with Crippen molar-refractivity contribution in [1.29, 1.82) is 0 Å². The zero-order valence-corrected chi connectivity index (χ0v) is 15.2. The summed E-state index contributed by atoms with van der Waals surface area (Å²) in [7, 11) is 0. The quantitative estimate of drug-likeness (QED) is 0.576. The zero-order valence-electron chi connectivity index (χ0n) is 15.2. The van der Waals surface area contributed by atoms with Crippen LogP contribution >= 0.6 is 0 Å². The molecule has 1 aliphatic rings. The van der Waals surface area contributed by atoms with Crippen molar-refractivity contribution in [1.82, 2.24) is 15.0 Å². The first-order valence-electron chi connectivity index (χ1n) is 8.60. The molecule has 0 aliphatic carbocycles. The maximum absolute atomic E-state index is 14.0. The van der Waals surface area contributed by atoms with Gasteiger partial charge in [0.05, 0.1) is 0 Å². The van der Waals surface area contributed by atoms with E-state index in [4.69, 9.17) is 4.52 Å². The van der Waals surface area contributed by atoms with E-state index < -0.39 is 42.2 Å². The van der Waals surface area contributed by atoms with Crippen molar-refractivity contribution in [3.63, 3.8) is 0 Å². The van der Waals surface area contributed by atoms with Crippen molar-refractivity contribution >= 4 is 5.91 Å². The Morgan fingerprint density at radius 1 is 1.36 bits per heavy atom. The maximum Gasteiger partial charge on any atom is 0.405 e. The van der Waals surface area contributed by atoms with Gasteiger partial charge in [-0.2, -0.15) is 18.2 Å². The van der Waals surface area contributed by atoms with Crippen molar-refractivity contribution in [2.75, 3.05) is 13.1 Å². The van der Waals surface area contributed by atoms with Gasteiger partial charge in [-0.15, -0.1) is 0 Å². The lowest BCUT2D eigenvalue weighted by molar-refractivity contribution is -0.193. The van der Waals surface area contributed by atoms with Crippen LogP contribution in [-0.2, 0) is 10.2 Å². The van der Waals surface area contributed by atoms with E-state index in [0.29, 0.717) is 0 Å². The first-order chi connectivity index (χ1) is 13.1. The van der Waals surface area contributed by atoms with Crippen molar-refractivity contribution in [3.05, 3.63) is 36.0 Å². The van der Waals surface area contributed by atoms with Gasteiger partial charge < -0.3 is 9.42 Å². The van der Waals surface area contributed by atoms with Gasteiger partial charge in [0, 0.05) is 24.6 Å². The van der Waals surface area contributed by atoms with Crippen LogP contribution in [-0.4, -0.2) is 40.2 Å². The first kappa shape index (κ1) is 19.9. The smallest absolute Gasteiger partial charge is 0.338 e. The number of alkyl halides is 3. The Balaban J connectivity index is 1.93. The second-order valence-electron chi connectivity index (χ2n) is 6.91. The highest BCUT2D eigenvalue weighted by atomic mass is 19.4. The van der Waals surface area contributed by atoms with E-state index >= 15 is 0 Å². The number of amides is 1. The minimum atomic E-state index is -4.72. The predicted molar refractivity (Wildman–Crippen MR) is 91.2 cm³/mol. The fraction of sp³-hybridized carbons (Fsp3) is 0.421. The van der Waals surface area contributed by atoms with Crippen LogP contribution < -0.4 is 0 Å². The molecule has 2 aromatic rings. The van der Waals surface area contributed by atoms with Gasteiger partial charge in [0.2, 0.25) is 11.7 Å². The molecule has 0 radical (unpaired) electrons. The number of nitrogens with zero attached hydrogens (tertiary/aromatic N) is 3. The van der Waals surface area contributed by atoms with Gasteiger partial charge in [0.15, 0.2) is 5.41 Å². The van der Waals surface area contributed by atoms with Gasteiger partial charge in [-0.3, -0.25) is 4.79 Å². The molecule has 1 aromatic carbocycles. The molecule has 1 saturated heterocycles. The molecule has 1 atom stereocenters. The molecule has 1 fully saturated rings. The third-order valence-electron chi connectivity index (χ3n) is 4.49. The van der Waals surface area contributed by atoms with Gasteiger partial charge in [-0.05, 0) is 24.5 Å². The predicted octanol–water partition coefficient (Wildman–Crippen LogP) is 3.57. The molecule has 28 heavy (non-hydrogen) atoms. The van der Waals surface area contributed by atoms with Gasteiger partial charge in [-0.1, -0.05) is 37.1 Å². The van der Waals surface area contributed by atoms with Crippen LogP contribution in [0.1, 0.15) is 26.2 Å². The minimum Gasteiger partial charge on any atom is -0.338 e. The Morgan fingerprint density at radius 2 is 2.11 bits per heavy atom. The molecule has 9 heteroatoms. The summed E-state index contributed by atoms with van der Waals surface area (Å²) in [6, 6.07) is 5.15. The number of carbonyl (C=O) groups is 1. The number of hydrogen-bond acceptors (Lipinski definition) is 4. The standard InChI is InChI=1S/C19H17F4N3O2/c1-12(2)6-7-15(27)26-9-8-18(11-26,19(21,22)23)17-24-16(25-28-17)13-4-3-5-14(20)10-13/h3-5,10,12H,8-9,11H2,1-2H3. The molecule has 1 unspecified atom stereocenters. The number of likely N-dealkylation sites (tertiary alicyclic amines) is 1. The zero-order chi connectivity index (χ0) is 20.5. The van der Waals surface area contributed by atoms with Crippen LogP contribution in [0, 0.1) is 23.6 Å². The van der Waals surface area contributed by atoms with E-state index in [1.807, 2.05) is 0 Å². The number of carbonyl (C=O) groups excluding carboxylic acids is 1. The lowest BCUT2D eigenvalue weighted by Gasteiger charge is -2.27. The molecule has 0 N–H and O–H groups in total. The number of halogens is 4. The van der Waals surface area contributed by atoms with E-state index in [-0.39, 0.29) is 23.9 Å². The van der Waals surface area contributed by atoms with Crippen molar-refractivity contribution in [3.8, 4) is 23.2 Å². The summed E-state index contributed by atoms with van der Waals surface area (Å²) in [6.45, 7) is 2.75. The summed E-state index contributed by atoms with van der Waals surface area (Å²) in [5, 5.41) is 3.58. The largest absolute Gasteiger partial charge is 0.405 e. The molecule has 1 aliphatic heterocycles. The van der Waals surface area contributed by atoms with Crippen molar-refractivity contribution in [2.24, 2.45) is 5.92 Å². The van der Waals surface area contributed by atoms with Crippen LogP contribution in [0.15, 0.2) is 28.8 Å². The van der Waals surface area contributed by atoms with Gasteiger partial charge in [-0.25, -0.2) is 4.39 Å². The number of aromatic nitrogens is 2. The van der Waals surface area contributed by atoms with Crippen molar-refractivity contribution < 1.29 is 26.9 Å². The monoisotopic (exact) mass is 395 g/mol. The average molecular weight is 395 g/mol. The van der Waals surface area contributed by atoms with Gasteiger partial charge >= 0.3 is 6.18 Å². The van der Waals surface area contributed by atoms with E-state index in [1.54, 1.807) is 13.8 Å². The van der Waals surface area contributed by atoms with E-state index in [9.17, 15) is 22.4 Å². The molecule has 0 saturated carbocycles. The van der Waals surface area contributed by atoms with E-state index in [0.717, 1.165) is 11.0 Å². The molecule has 0 bridgehead atoms. The average Bonchev–Trinajstić information content (AvgIpc) is 3.27. The van der Waals surface area contributed by atoms with Crippen molar-refractivity contribution in [2.45, 2.75) is 31.9 Å². The normalized spacial score (nSPS) is 19.6. The number of rotatable bonds is 2. The summed E-state index contributed by atoms with van der Waals surface area (Å²) in [5.74, 6) is 2.89. The molecule has 0 spiro atoms. The summed E-state index contributed by atoms with van der Waals surface area (Å²) < 4.78 is 60.2. The maximum atomic E-state index is 14.0. The molecule has 1 amide bonds. The molecular formula is C19H17F4N3O2. The van der Waals surface area contributed by atoms with Crippen LogP contribution in [0.5, 0.6) is 0 Å². The Labute approximate surface area is 158 Å². The summed E-state index contributed by atoms with van der Waals surface area (Å²) >= 11 is 0. The number of benzene rings is 1. The summed E-state index contributed by atoms with van der Waals surface area (Å²) in [5.41, 5.74) is -2.29. The number of hydrogen-bond donors (Lipinski definition) is 0.